The van der Waals surface area contributed by atoms with Crippen molar-refractivity contribution >= 4 is 11.9 Å². The normalized spacial score (nSPS) is 9.94. The number of hydrogen-bond donors (Lipinski definition) is 0. The van der Waals surface area contributed by atoms with Crippen molar-refractivity contribution in [3.8, 4) is 11.5 Å². The molecule has 0 saturated heterocycles. The second-order valence-corrected chi connectivity index (χ2v) is 3.79. The van der Waals surface area contributed by atoms with Gasteiger partial charge in [-0.2, -0.15) is 0 Å². The van der Waals surface area contributed by atoms with Gasteiger partial charge in [0.25, 0.3) is 0 Å². The number of esters is 2. The third kappa shape index (κ3) is 3.87. The van der Waals surface area contributed by atoms with Gasteiger partial charge in [0.1, 0.15) is 0 Å². The van der Waals surface area contributed by atoms with Crippen molar-refractivity contribution in [2.24, 2.45) is 0 Å². The maximum atomic E-state index is 11.3. The molecule has 1 aromatic rings. The van der Waals surface area contributed by atoms with E-state index in [1.54, 1.807) is 26.0 Å². The summed E-state index contributed by atoms with van der Waals surface area (Å²) in [6.07, 6.45) is 1.37. The van der Waals surface area contributed by atoms with Crippen LogP contribution in [-0.4, -0.2) is 11.9 Å². The molecule has 0 fully saturated rings. The second kappa shape index (κ2) is 6.79. The van der Waals surface area contributed by atoms with Crippen molar-refractivity contribution in [2.75, 3.05) is 0 Å². The zero-order chi connectivity index (χ0) is 13.5. The molecule has 0 heterocycles. The van der Waals surface area contributed by atoms with E-state index in [1.807, 2.05) is 13.0 Å². The number of carbonyl (C=O) groups is 2. The highest BCUT2D eigenvalue weighted by Gasteiger charge is 2.12. The summed E-state index contributed by atoms with van der Waals surface area (Å²) in [5.41, 5.74) is 1.02. The smallest absolute Gasteiger partial charge is 0.311 e. The van der Waals surface area contributed by atoms with Crippen molar-refractivity contribution in [1.82, 2.24) is 0 Å². The maximum absolute atomic E-state index is 11.3. The molecule has 4 nitrogen and oxygen atoms in total. The van der Waals surface area contributed by atoms with Gasteiger partial charge in [0.2, 0.25) is 0 Å². The van der Waals surface area contributed by atoms with Gasteiger partial charge in [0.15, 0.2) is 11.5 Å². The molecule has 0 N–H and O–H groups in total. The fourth-order valence-corrected chi connectivity index (χ4v) is 1.33. The van der Waals surface area contributed by atoms with Crippen LogP contribution in [0.25, 0.3) is 0 Å². The van der Waals surface area contributed by atoms with Crippen LogP contribution in [0.2, 0.25) is 0 Å². The number of carbonyl (C=O) groups excluding carboxylic acids is 2. The van der Waals surface area contributed by atoms with Crippen LogP contribution in [0, 0.1) is 0 Å². The molecule has 1 aromatic carbocycles. The second-order valence-electron chi connectivity index (χ2n) is 3.79. The SMILES string of the molecule is CCC(=O)Oc1ccc(CC)cc1OC(=O)CC. The molecule has 0 aliphatic heterocycles. The number of benzene rings is 1. The molecule has 0 spiro atoms. The number of rotatable bonds is 5. The van der Waals surface area contributed by atoms with Crippen LogP contribution in [-0.2, 0) is 16.0 Å². The predicted molar refractivity (Wildman–Crippen MR) is 67.7 cm³/mol. The highest BCUT2D eigenvalue weighted by Crippen LogP contribution is 2.29. The molecule has 4 heteroatoms. The fraction of sp³-hybridized carbons (Fsp3) is 0.429. The summed E-state index contributed by atoms with van der Waals surface area (Å²) in [6, 6.07) is 5.23. The molecule has 0 saturated carbocycles. The number of ether oxygens (including phenoxy) is 2. The lowest BCUT2D eigenvalue weighted by Gasteiger charge is -2.11. The molecule has 0 atom stereocenters. The Bertz CT molecular complexity index is 437. The Morgan fingerprint density at radius 3 is 2.00 bits per heavy atom. The average molecular weight is 250 g/mol. The lowest BCUT2D eigenvalue weighted by molar-refractivity contribution is -0.136. The molecule has 1 rings (SSSR count). The summed E-state index contributed by atoms with van der Waals surface area (Å²) in [7, 11) is 0. The summed E-state index contributed by atoms with van der Waals surface area (Å²) in [6.45, 7) is 5.42. The average Bonchev–Trinajstić information content (AvgIpc) is 2.40. The number of hydrogen-bond acceptors (Lipinski definition) is 4. The lowest BCUT2D eigenvalue weighted by atomic mass is 10.1. The molecule has 98 valence electrons. The standard InChI is InChI=1S/C14H18O4/c1-4-10-7-8-11(17-13(15)5-2)12(9-10)18-14(16)6-3/h7-9H,4-6H2,1-3H3. The molecule has 0 radical (unpaired) electrons. The summed E-state index contributed by atoms with van der Waals surface area (Å²) in [5, 5.41) is 0. The van der Waals surface area contributed by atoms with Crippen LogP contribution in [0.3, 0.4) is 0 Å². The Morgan fingerprint density at radius 1 is 0.944 bits per heavy atom. The lowest BCUT2D eigenvalue weighted by Crippen LogP contribution is -2.10. The molecule has 0 amide bonds. The fourth-order valence-electron chi connectivity index (χ4n) is 1.33. The Kier molecular flexibility index (Phi) is 5.36. The van der Waals surface area contributed by atoms with E-state index in [9.17, 15) is 9.59 Å². The van der Waals surface area contributed by atoms with Crippen LogP contribution in [0.1, 0.15) is 39.2 Å². The van der Waals surface area contributed by atoms with Crippen molar-refractivity contribution in [3.63, 3.8) is 0 Å². The maximum Gasteiger partial charge on any atom is 0.311 e. The molecule has 0 aromatic heterocycles. The van der Waals surface area contributed by atoms with Crippen LogP contribution in [0.15, 0.2) is 18.2 Å². The summed E-state index contributed by atoms with van der Waals surface area (Å²) in [5.74, 6) is -0.103. The summed E-state index contributed by atoms with van der Waals surface area (Å²) < 4.78 is 10.3. The van der Waals surface area contributed by atoms with Crippen LogP contribution in [0.4, 0.5) is 0 Å². The van der Waals surface area contributed by atoms with Gasteiger partial charge in [-0.25, -0.2) is 0 Å². The predicted octanol–water partition coefficient (Wildman–Crippen LogP) is 2.88. The van der Waals surface area contributed by atoms with Gasteiger partial charge in [0.05, 0.1) is 0 Å². The monoisotopic (exact) mass is 250 g/mol. The van der Waals surface area contributed by atoms with Gasteiger partial charge >= 0.3 is 11.9 Å². The molecule has 18 heavy (non-hydrogen) atoms. The Labute approximate surface area is 107 Å². The van der Waals surface area contributed by atoms with E-state index in [-0.39, 0.29) is 24.8 Å². The molecular weight excluding hydrogens is 232 g/mol. The number of aryl methyl sites for hydroxylation is 1. The Balaban J connectivity index is 2.99. The van der Waals surface area contributed by atoms with Crippen molar-refractivity contribution < 1.29 is 19.1 Å². The van der Waals surface area contributed by atoms with Gasteiger partial charge in [-0.05, 0) is 24.1 Å². The molecule has 0 bridgehead atoms. The van der Waals surface area contributed by atoms with Gasteiger partial charge in [-0.15, -0.1) is 0 Å². The van der Waals surface area contributed by atoms with E-state index in [1.165, 1.54) is 0 Å². The van der Waals surface area contributed by atoms with E-state index in [2.05, 4.69) is 0 Å². The first-order valence-electron chi connectivity index (χ1n) is 6.14. The quantitative estimate of drug-likeness (QED) is 0.595. The highest BCUT2D eigenvalue weighted by molar-refractivity contribution is 5.76. The minimum absolute atomic E-state index is 0.274. The topological polar surface area (TPSA) is 52.6 Å². The third-order valence-corrected chi connectivity index (χ3v) is 2.44. The first kappa shape index (κ1) is 14.2. The zero-order valence-electron chi connectivity index (χ0n) is 11.0. The largest absolute Gasteiger partial charge is 0.423 e. The zero-order valence-corrected chi connectivity index (χ0v) is 11.0. The Morgan fingerprint density at radius 2 is 1.50 bits per heavy atom. The van der Waals surface area contributed by atoms with E-state index in [0.29, 0.717) is 11.5 Å². The Hall–Kier alpha value is -1.84. The van der Waals surface area contributed by atoms with Crippen molar-refractivity contribution in [3.05, 3.63) is 23.8 Å². The molecule has 0 unspecified atom stereocenters. The van der Waals surface area contributed by atoms with Crippen LogP contribution in [0.5, 0.6) is 11.5 Å². The van der Waals surface area contributed by atoms with Gasteiger partial charge in [0, 0.05) is 12.8 Å². The highest BCUT2D eigenvalue weighted by atomic mass is 16.6. The van der Waals surface area contributed by atoms with E-state index < -0.39 is 0 Å². The minimum Gasteiger partial charge on any atom is -0.423 e. The van der Waals surface area contributed by atoms with Crippen LogP contribution >= 0.6 is 0 Å². The van der Waals surface area contributed by atoms with E-state index in [4.69, 9.17) is 9.47 Å². The van der Waals surface area contributed by atoms with Gasteiger partial charge in [-0.3, -0.25) is 9.59 Å². The van der Waals surface area contributed by atoms with Crippen LogP contribution < -0.4 is 9.47 Å². The first-order chi connectivity index (χ1) is 8.60. The molecule has 0 aliphatic rings. The molecular formula is C14H18O4. The summed E-state index contributed by atoms with van der Waals surface area (Å²) in [4.78, 5) is 22.6. The van der Waals surface area contributed by atoms with Gasteiger partial charge in [-0.1, -0.05) is 26.8 Å². The van der Waals surface area contributed by atoms with Crippen molar-refractivity contribution in [2.45, 2.75) is 40.0 Å². The van der Waals surface area contributed by atoms with E-state index in [0.717, 1.165) is 12.0 Å². The first-order valence-corrected chi connectivity index (χ1v) is 6.14. The van der Waals surface area contributed by atoms with Crippen molar-refractivity contribution in [1.29, 1.82) is 0 Å². The minimum atomic E-state index is -0.354. The molecule has 0 aliphatic carbocycles. The van der Waals surface area contributed by atoms with Gasteiger partial charge < -0.3 is 9.47 Å². The van der Waals surface area contributed by atoms with E-state index >= 15 is 0 Å². The third-order valence-electron chi connectivity index (χ3n) is 2.44. The summed E-state index contributed by atoms with van der Waals surface area (Å²) >= 11 is 0.